The number of fused-ring (bicyclic) bond motifs is 3. The standard InChI is InChI=1S/C16H10O2/c17-16-12-6-1-2-7-14(12)18-15-9-11-5-3-4-10(11)8-13(15)16/h1-4,6-9H,5H2. The Bertz CT molecular complexity index is 869. The van der Waals surface area contributed by atoms with Gasteiger partial charge in [-0.3, -0.25) is 4.79 Å². The van der Waals surface area contributed by atoms with Gasteiger partial charge in [0.05, 0.1) is 10.8 Å². The third-order valence-corrected chi connectivity index (χ3v) is 3.47. The third kappa shape index (κ3) is 1.20. The summed E-state index contributed by atoms with van der Waals surface area (Å²) in [5.41, 5.74) is 3.74. The van der Waals surface area contributed by atoms with Crippen molar-refractivity contribution in [3.05, 3.63) is 63.8 Å². The molecule has 1 aliphatic rings. The molecular weight excluding hydrogens is 224 g/mol. The molecule has 1 heterocycles. The topological polar surface area (TPSA) is 30.2 Å². The van der Waals surface area contributed by atoms with E-state index in [1.54, 1.807) is 0 Å². The number of allylic oxidation sites excluding steroid dienone is 1. The van der Waals surface area contributed by atoms with Crippen molar-refractivity contribution in [2.75, 3.05) is 0 Å². The first kappa shape index (κ1) is 9.66. The first-order valence-electron chi connectivity index (χ1n) is 5.98. The summed E-state index contributed by atoms with van der Waals surface area (Å²) in [4.78, 5) is 12.4. The molecule has 0 spiro atoms. The Morgan fingerprint density at radius 3 is 2.83 bits per heavy atom. The van der Waals surface area contributed by atoms with E-state index in [4.69, 9.17) is 4.42 Å². The van der Waals surface area contributed by atoms with Crippen molar-refractivity contribution in [1.82, 2.24) is 0 Å². The van der Waals surface area contributed by atoms with Gasteiger partial charge in [-0.05, 0) is 41.8 Å². The Morgan fingerprint density at radius 2 is 1.89 bits per heavy atom. The van der Waals surface area contributed by atoms with Crippen LogP contribution in [-0.2, 0) is 6.42 Å². The number of benzene rings is 2. The Morgan fingerprint density at radius 1 is 1.00 bits per heavy atom. The smallest absolute Gasteiger partial charge is 0.200 e. The first-order chi connectivity index (χ1) is 8.83. The molecular formula is C16H10O2. The molecule has 0 fully saturated rings. The zero-order valence-electron chi connectivity index (χ0n) is 9.64. The van der Waals surface area contributed by atoms with Crippen LogP contribution in [0.25, 0.3) is 28.0 Å². The minimum Gasteiger partial charge on any atom is -0.456 e. The second-order valence-corrected chi connectivity index (χ2v) is 4.58. The fourth-order valence-electron chi connectivity index (χ4n) is 2.55. The molecule has 0 bridgehead atoms. The van der Waals surface area contributed by atoms with E-state index in [2.05, 4.69) is 12.2 Å². The van der Waals surface area contributed by atoms with Gasteiger partial charge in [-0.1, -0.05) is 24.3 Å². The Balaban J connectivity index is 2.24. The molecule has 0 saturated carbocycles. The van der Waals surface area contributed by atoms with Gasteiger partial charge in [-0.25, -0.2) is 0 Å². The lowest BCUT2D eigenvalue weighted by atomic mass is 10.1. The van der Waals surface area contributed by atoms with Crippen LogP contribution in [0.2, 0.25) is 0 Å². The van der Waals surface area contributed by atoms with Gasteiger partial charge in [0.1, 0.15) is 11.2 Å². The van der Waals surface area contributed by atoms with E-state index in [1.807, 2.05) is 36.4 Å². The molecule has 4 rings (SSSR count). The lowest BCUT2D eigenvalue weighted by molar-refractivity contribution is 0.659. The average molecular weight is 234 g/mol. The number of hydrogen-bond acceptors (Lipinski definition) is 2. The fraction of sp³-hybridized carbons (Fsp3) is 0.0625. The van der Waals surface area contributed by atoms with Crippen molar-refractivity contribution in [3.8, 4) is 0 Å². The summed E-state index contributed by atoms with van der Waals surface area (Å²) in [6.45, 7) is 0. The van der Waals surface area contributed by atoms with E-state index >= 15 is 0 Å². The number of rotatable bonds is 0. The highest BCUT2D eigenvalue weighted by molar-refractivity contribution is 5.91. The van der Waals surface area contributed by atoms with Gasteiger partial charge in [0.25, 0.3) is 0 Å². The van der Waals surface area contributed by atoms with Crippen LogP contribution in [0.1, 0.15) is 11.1 Å². The van der Waals surface area contributed by atoms with Crippen LogP contribution in [-0.4, -0.2) is 0 Å². The molecule has 0 amide bonds. The van der Waals surface area contributed by atoms with Crippen LogP contribution < -0.4 is 5.43 Å². The molecule has 2 nitrogen and oxygen atoms in total. The monoisotopic (exact) mass is 234 g/mol. The minimum absolute atomic E-state index is 0.0509. The van der Waals surface area contributed by atoms with Crippen LogP contribution in [0.5, 0.6) is 0 Å². The Labute approximate surface area is 103 Å². The summed E-state index contributed by atoms with van der Waals surface area (Å²) in [5, 5.41) is 1.31. The zero-order chi connectivity index (χ0) is 12.1. The lowest BCUT2D eigenvalue weighted by Crippen LogP contribution is -2.02. The molecule has 0 radical (unpaired) electrons. The van der Waals surface area contributed by atoms with Crippen molar-refractivity contribution in [1.29, 1.82) is 0 Å². The highest BCUT2D eigenvalue weighted by Crippen LogP contribution is 2.26. The summed E-state index contributed by atoms with van der Waals surface area (Å²) in [6.07, 6.45) is 5.08. The molecule has 2 aromatic carbocycles. The average Bonchev–Trinajstić information content (AvgIpc) is 2.84. The van der Waals surface area contributed by atoms with Crippen LogP contribution in [0.3, 0.4) is 0 Å². The second-order valence-electron chi connectivity index (χ2n) is 4.58. The summed E-state index contributed by atoms with van der Waals surface area (Å²) >= 11 is 0. The van der Waals surface area contributed by atoms with Gasteiger partial charge < -0.3 is 4.42 Å². The molecule has 0 unspecified atom stereocenters. The van der Waals surface area contributed by atoms with E-state index in [9.17, 15) is 4.79 Å². The molecule has 1 aromatic heterocycles. The normalized spacial score (nSPS) is 13.3. The van der Waals surface area contributed by atoms with Gasteiger partial charge in [-0.15, -0.1) is 0 Å². The Hall–Kier alpha value is -2.35. The van der Waals surface area contributed by atoms with Crippen LogP contribution >= 0.6 is 0 Å². The van der Waals surface area contributed by atoms with E-state index in [0.29, 0.717) is 21.9 Å². The predicted molar refractivity (Wildman–Crippen MR) is 72.7 cm³/mol. The molecule has 3 aromatic rings. The summed E-state index contributed by atoms with van der Waals surface area (Å²) in [7, 11) is 0. The van der Waals surface area contributed by atoms with Crippen molar-refractivity contribution in [2.45, 2.75) is 6.42 Å². The largest absolute Gasteiger partial charge is 0.456 e. The van der Waals surface area contributed by atoms with Crippen molar-refractivity contribution < 1.29 is 4.42 Å². The van der Waals surface area contributed by atoms with Crippen molar-refractivity contribution in [2.24, 2.45) is 0 Å². The number of para-hydroxylation sites is 1. The quantitative estimate of drug-likeness (QED) is 0.557. The highest BCUT2D eigenvalue weighted by Gasteiger charge is 2.12. The first-order valence-corrected chi connectivity index (χ1v) is 5.98. The molecule has 0 atom stereocenters. The van der Waals surface area contributed by atoms with E-state index < -0.39 is 0 Å². The minimum atomic E-state index is 0.0509. The van der Waals surface area contributed by atoms with E-state index in [0.717, 1.165) is 12.0 Å². The van der Waals surface area contributed by atoms with Crippen LogP contribution in [0.15, 0.2) is 51.7 Å². The predicted octanol–water partition coefficient (Wildman–Crippen LogP) is 3.52. The second kappa shape index (κ2) is 3.33. The lowest BCUT2D eigenvalue weighted by Gasteiger charge is -2.04. The summed E-state index contributed by atoms with van der Waals surface area (Å²) < 4.78 is 5.82. The molecule has 0 N–H and O–H groups in total. The van der Waals surface area contributed by atoms with Gasteiger partial charge in [0.15, 0.2) is 0 Å². The van der Waals surface area contributed by atoms with Crippen LogP contribution in [0.4, 0.5) is 0 Å². The van der Waals surface area contributed by atoms with Gasteiger partial charge in [0.2, 0.25) is 5.43 Å². The molecule has 1 aliphatic carbocycles. The fourth-order valence-corrected chi connectivity index (χ4v) is 2.55. The van der Waals surface area contributed by atoms with Gasteiger partial charge in [-0.2, -0.15) is 0 Å². The third-order valence-electron chi connectivity index (χ3n) is 3.47. The SMILES string of the molecule is O=c1c2ccccc2oc2cc3c(cc12)C=CC3. The summed E-state index contributed by atoms with van der Waals surface area (Å²) in [5.74, 6) is 0. The molecule has 86 valence electrons. The van der Waals surface area contributed by atoms with Crippen molar-refractivity contribution in [3.63, 3.8) is 0 Å². The van der Waals surface area contributed by atoms with E-state index in [1.165, 1.54) is 5.56 Å². The maximum atomic E-state index is 12.4. The molecule has 0 aliphatic heterocycles. The molecule has 0 saturated heterocycles. The maximum absolute atomic E-state index is 12.4. The molecule has 2 heteroatoms. The van der Waals surface area contributed by atoms with Crippen molar-refractivity contribution >= 4 is 28.0 Å². The Kier molecular flexibility index (Phi) is 1.78. The summed E-state index contributed by atoms with van der Waals surface area (Å²) in [6, 6.07) is 11.3. The van der Waals surface area contributed by atoms with E-state index in [-0.39, 0.29) is 5.43 Å². The maximum Gasteiger partial charge on any atom is 0.200 e. The van der Waals surface area contributed by atoms with Gasteiger partial charge >= 0.3 is 0 Å². The molecule has 18 heavy (non-hydrogen) atoms. The zero-order valence-corrected chi connectivity index (χ0v) is 9.64. The van der Waals surface area contributed by atoms with Gasteiger partial charge in [0, 0.05) is 0 Å². The number of hydrogen-bond donors (Lipinski definition) is 0. The highest BCUT2D eigenvalue weighted by atomic mass is 16.3. The van der Waals surface area contributed by atoms with Crippen LogP contribution in [0, 0.1) is 0 Å².